The van der Waals surface area contributed by atoms with E-state index in [2.05, 4.69) is 15.9 Å². The fourth-order valence-corrected chi connectivity index (χ4v) is 3.84. The average molecular weight is 323 g/mol. The topological polar surface area (TPSA) is 26.3 Å². The first-order chi connectivity index (χ1) is 8.65. The van der Waals surface area contributed by atoms with Gasteiger partial charge in [-0.05, 0) is 52.7 Å². The van der Waals surface area contributed by atoms with E-state index in [0.29, 0.717) is 0 Å². The average Bonchev–Trinajstić information content (AvgIpc) is 2.93. The Labute approximate surface area is 118 Å². The number of carbonyl (C=O) groups excluding carboxylic acids is 1. The molecule has 1 aliphatic rings. The third-order valence-corrected chi connectivity index (χ3v) is 4.64. The van der Waals surface area contributed by atoms with Crippen LogP contribution in [0.15, 0.2) is 28.1 Å². The van der Waals surface area contributed by atoms with Crippen molar-refractivity contribution < 1.29 is 9.53 Å². The summed E-state index contributed by atoms with van der Waals surface area (Å²) in [5, 5.41) is 0. The molecule has 92 valence electrons. The number of thiophene rings is 1. The van der Waals surface area contributed by atoms with E-state index in [1.54, 1.807) is 11.3 Å². The molecule has 1 aliphatic heterocycles. The predicted molar refractivity (Wildman–Crippen MR) is 75.8 cm³/mol. The zero-order valence-corrected chi connectivity index (χ0v) is 12.2. The van der Waals surface area contributed by atoms with Crippen molar-refractivity contribution in [3.63, 3.8) is 0 Å². The van der Waals surface area contributed by atoms with Gasteiger partial charge in [-0.25, -0.2) is 0 Å². The molecule has 0 saturated carbocycles. The summed E-state index contributed by atoms with van der Waals surface area (Å²) in [6.07, 6.45) is 0.892. The van der Waals surface area contributed by atoms with Crippen molar-refractivity contribution in [3.05, 3.63) is 49.6 Å². The van der Waals surface area contributed by atoms with Crippen LogP contribution >= 0.6 is 27.3 Å². The molecule has 1 aromatic carbocycles. The van der Waals surface area contributed by atoms with Crippen LogP contribution in [-0.2, 0) is 6.42 Å². The zero-order chi connectivity index (χ0) is 12.7. The molecule has 0 unspecified atom stereocenters. The highest BCUT2D eigenvalue weighted by Gasteiger charge is 2.18. The molecule has 0 radical (unpaired) electrons. The second-order valence-corrected chi connectivity index (χ2v) is 6.91. The molecule has 0 spiro atoms. The molecule has 2 aromatic rings. The SMILES string of the molecule is Cc1sc(Br)cc1C(=O)c1ccc2c(c1)CCO2. The smallest absolute Gasteiger partial charge is 0.194 e. The minimum absolute atomic E-state index is 0.0872. The molecule has 1 aromatic heterocycles. The summed E-state index contributed by atoms with van der Waals surface area (Å²) in [5.41, 5.74) is 2.66. The molecule has 3 rings (SSSR count). The third kappa shape index (κ3) is 1.99. The number of hydrogen-bond donors (Lipinski definition) is 0. The van der Waals surface area contributed by atoms with Gasteiger partial charge in [0.25, 0.3) is 0 Å². The molecule has 4 heteroatoms. The molecule has 0 N–H and O–H groups in total. The molecule has 0 amide bonds. The largest absolute Gasteiger partial charge is 0.493 e. The van der Waals surface area contributed by atoms with Crippen LogP contribution in [0.2, 0.25) is 0 Å². The van der Waals surface area contributed by atoms with Gasteiger partial charge in [-0.15, -0.1) is 11.3 Å². The lowest BCUT2D eigenvalue weighted by Gasteiger charge is -2.03. The first kappa shape index (κ1) is 11.9. The van der Waals surface area contributed by atoms with Gasteiger partial charge in [0.05, 0.1) is 10.4 Å². The molecule has 0 bridgehead atoms. The van der Waals surface area contributed by atoms with Gasteiger partial charge < -0.3 is 4.74 Å². The number of ketones is 1. The lowest BCUT2D eigenvalue weighted by atomic mass is 10.0. The highest BCUT2D eigenvalue weighted by atomic mass is 79.9. The van der Waals surface area contributed by atoms with E-state index >= 15 is 0 Å². The van der Waals surface area contributed by atoms with E-state index in [-0.39, 0.29) is 5.78 Å². The monoisotopic (exact) mass is 322 g/mol. The van der Waals surface area contributed by atoms with E-state index < -0.39 is 0 Å². The van der Waals surface area contributed by atoms with Gasteiger partial charge in [0.15, 0.2) is 5.78 Å². The lowest BCUT2D eigenvalue weighted by molar-refractivity contribution is 0.103. The molecule has 0 aliphatic carbocycles. The number of ether oxygens (including phenoxy) is 1. The molecule has 0 fully saturated rings. The first-order valence-electron chi connectivity index (χ1n) is 5.71. The summed E-state index contributed by atoms with van der Waals surface area (Å²) in [7, 11) is 0. The van der Waals surface area contributed by atoms with Crippen LogP contribution in [0.4, 0.5) is 0 Å². The van der Waals surface area contributed by atoms with Crippen molar-refractivity contribution in [2.75, 3.05) is 6.61 Å². The maximum atomic E-state index is 12.4. The van der Waals surface area contributed by atoms with Gasteiger partial charge in [-0.1, -0.05) is 0 Å². The van der Waals surface area contributed by atoms with Crippen LogP contribution in [0.1, 0.15) is 26.4 Å². The van der Waals surface area contributed by atoms with Crippen molar-refractivity contribution in [1.82, 2.24) is 0 Å². The van der Waals surface area contributed by atoms with E-state index in [9.17, 15) is 4.79 Å². The highest BCUT2D eigenvalue weighted by Crippen LogP contribution is 2.30. The van der Waals surface area contributed by atoms with E-state index in [4.69, 9.17) is 4.74 Å². The molecule has 0 saturated heterocycles. The second-order valence-electron chi connectivity index (χ2n) is 4.27. The summed E-state index contributed by atoms with van der Waals surface area (Å²) in [6, 6.07) is 7.59. The maximum absolute atomic E-state index is 12.4. The standard InChI is InChI=1S/C14H11BrO2S/c1-8-11(7-13(15)18-8)14(16)10-2-3-12-9(6-10)4-5-17-12/h2-3,6-7H,4-5H2,1H3. The van der Waals surface area contributed by atoms with Gasteiger partial charge in [0.1, 0.15) is 5.75 Å². The van der Waals surface area contributed by atoms with Crippen molar-refractivity contribution in [1.29, 1.82) is 0 Å². The zero-order valence-electron chi connectivity index (χ0n) is 9.83. The van der Waals surface area contributed by atoms with Crippen LogP contribution < -0.4 is 4.74 Å². The summed E-state index contributed by atoms with van der Waals surface area (Å²) in [6.45, 7) is 2.69. The molecular formula is C14H11BrO2S. The van der Waals surface area contributed by atoms with E-state index in [1.807, 2.05) is 31.2 Å². The van der Waals surface area contributed by atoms with Crippen molar-refractivity contribution in [2.24, 2.45) is 0 Å². The first-order valence-corrected chi connectivity index (χ1v) is 7.32. The molecule has 18 heavy (non-hydrogen) atoms. The minimum atomic E-state index is 0.0872. The number of rotatable bonds is 2. The fourth-order valence-electron chi connectivity index (χ4n) is 2.15. The van der Waals surface area contributed by atoms with Gasteiger partial charge in [0.2, 0.25) is 0 Å². The predicted octanol–water partition coefficient (Wildman–Crippen LogP) is 3.98. The Bertz CT molecular complexity index is 631. The van der Waals surface area contributed by atoms with Crippen LogP contribution in [0, 0.1) is 6.92 Å². The number of benzene rings is 1. The van der Waals surface area contributed by atoms with Crippen LogP contribution in [0.3, 0.4) is 0 Å². The van der Waals surface area contributed by atoms with Crippen molar-refractivity contribution in [3.8, 4) is 5.75 Å². The van der Waals surface area contributed by atoms with Crippen molar-refractivity contribution in [2.45, 2.75) is 13.3 Å². The van der Waals surface area contributed by atoms with E-state index in [1.165, 1.54) is 0 Å². The fraction of sp³-hybridized carbons (Fsp3) is 0.214. The Hall–Kier alpha value is -1.13. The molecule has 0 atom stereocenters. The third-order valence-electron chi connectivity index (χ3n) is 3.08. The van der Waals surface area contributed by atoms with Crippen LogP contribution in [-0.4, -0.2) is 12.4 Å². The van der Waals surface area contributed by atoms with Crippen molar-refractivity contribution >= 4 is 33.0 Å². The second kappa shape index (κ2) is 4.52. The highest BCUT2D eigenvalue weighted by molar-refractivity contribution is 9.11. The number of hydrogen-bond acceptors (Lipinski definition) is 3. The normalized spacial score (nSPS) is 13.2. The molecule has 2 nitrogen and oxygen atoms in total. The Balaban J connectivity index is 2.00. The van der Waals surface area contributed by atoms with Gasteiger partial charge >= 0.3 is 0 Å². The van der Waals surface area contributed by atoms with Crippen LogP contribution in [0.5, 0.6) is 5.75 Å². The van der Waals surface area contributed by atoms with Gasteiger partial charge in [-0.3, -0.25) is 4.79 Å². The van der Waals surface area contributed by atoms with E-state index in [0.717, 1.165) is 44.1 Å². The number of fused-ring (bicyclic) bond motifs is 1. The Morgan fingerprint density at radius 1 is 1.39 bits per heavy atom. The summed E-state index contributed by atoms with van der Waals surface area (Å²) >= 11 is 5.01. The molecule has 2 heterocycles. The van der Waals surface area contributed by atoms with Crippen LogP contribution in [0.25, 0.3) is 0 Å². The Kier molecular flexibility index (Phi) is 2.99. The molecular weight excluding hydrogens is 312 g/mol. The summed E-state index contributed by atoms with van der Waals surface area (Å²) < 4.78 is 6.44. The number of aryl methyl sites for hydroxylation is 1. The number of halogens is 1. The van der Waals surface area contributed by atoms with Gasteiger partial charge in [0, 0.05) is 22.4 Å². The quantitative estimate of drug-likeness (QED) is 0.781. The lowest BCUT2D eigenvalue weighted by Crippen LogP contribution is -2.01. The maximum Gasteiger partial charge on any atom is 0.194 e. The van der Waals surface area contributed by atoms with Gasteiger partial charge in [-0.2, -0.15) is 0 Å². The summed E-state index contributed by atoms with van der Waals surface area (Å²) in [5.74, 6) is 0.999. The summed E-state index contributed by atoms with van der Waals surface area (Å²) in [4.78, 5) is 13.5. The Morgan fingerprint density at radius 2 is 2.22 bits per heavy atom. The number of carbonyl (C=O) groups is 1. The minimum Gasteiger partial charge on any atom is -0.493 e. The Morgan fingerprint density at radius 3 is 2.94 bits per heavy atom.